The van der Waals surface area contributed by atoms with Gasteiger partial charge < -0.3 is 5.32 Å². The molecule has 0 aliphatic heterocycles. The van der Waals surface area contributed by atoms with Crippen LogP contribution >= 0.6 is 0 Å². The molecule has 0 radical (unpaired) electrons. The molecule has 0 aromatic heterocycles. The van der Waals surface area contributed by atoms with Crippen molar-refractivity contribution in [2.45, 2.75) is 25.7 Å². The van der Waals surface area contributed by atoms with Crippen molar-refractivity contribution in [1.82, 2.24) is 0 Å². The largest absolute Gasteiger partial charge is 0.379 e. The monoisotopic (exact) mass is 232 g/mol. The third kappa shape index (κ3) is 1.99. The Morgan fingerprint density at radius 1 is 1.35 bits per heavy atom. The molecule has 1 N–H and O–H groups in total. The lowest BCUT2D eigenvalue weighted by Gasteiger charge is -2.15. The molecule has 2 aliphatic rings. The molecule has 3 rings (SSSR count). The molecule has 17 heavy (non-hydrogen) atoms. The van der Waals surface area contributed by atoms with Crippen molar-refractivity contribution >= 4 is 11.4 Å². The summed E-state index contributed by atoms with van der Waals surface area (Å²) < 4.78 is 0. The molecule has 90 valence electrons. The minimum absolute atomic E-state index is 0.180. The van der Waals surface area contributed by atoms with Crippen LogP contribution in [0.3, 0.4) is 0 Å². The predicted molar refractivity (Wildman–Crippen MR) is 66.0 cm³/mol. The molecule has 2 fully saturated rings. The lowest BCUT2D eigenvalue weighted by molar-refractivity contribution is -0.384. The summed E-state index contributed by atoms with van der Waals surface area (Å²) in [6.07, 6.45) is 5.26. The van der Waals surface area contributed by atoms with Crippen LogP contribution in [0.2, 0.25) is 0 Å². The number of para-hydroxylation sites is 2. The predicted octanol–water partition coefficient (Wildman–Crippen LogP) is 3.20. The smallest absolute Gasteiger partial charge is 0.292 e. The van der Waals surface area contributed by atoms with Gasteiger partial charge in [-0.1, -0.05) is 12.1 Å². The highest BCUT2D eigenvalue weighted by molar-refractivity contribution is 5.61. The zero-order valence-electron chi connectivity index (χ0n) is 9.69. The third-order valence-corrected chi connectivity index (χ3v) is 4.07. The Morgan fingerprint density at radius 2 is 2.06 bits per heavy atom. The Morgan fingerprint density at radius 3 is 2.65 bits per heavy atom. The van der Waals surface area contributed by atoms with Crippen LogP contribution in [0.15, 0.2) is 24.3 Å². The molecule has 2 saturated carbocycles. The van der Waals surface area contributed by atoms with Crippen molar-refractivity contribution in [1.29, 1.82) is 0 Å². The summed E-state index contributed by atoms with van der Waals surface area (Å²) in [6, 6.07) is 6.89. The van der Waals surface area contributed by atoms with E-state index in [-0.39, 0.29) is 10.6 Å². The van der Waals surface area contributed by atoms with E-state index in [2.05, 4.69) is 5.32 Å². The molecular weight excluding hydrogens is 216 g/mol. The molecule has 0 atom stereocenters. The minimum Gasteiger partial charge on any atom is -0.379 e. The Balaban J connectivity index is 1.70. The number of anilines is 1. The minimum atomic E-state index is -0.320. The fourth-order valence-electron chi connectivity index (χ4n) is 2.64. The molecule has 1 aromatic carbocycles. The molecule has 0 saturated heterocycles. The summed E-state index contributed by atoms with van der Waals surface area (Å²) in [7, 11) is 0. The van der Waals surface area contributed by atoms with Gasteiger partial charge in [0.2, 0.25) is 0 Å². The zero-order chi connectivity index (χ0) is 11.9. The summed E-state index contributed by atoms with van der Waals surface area (Å²) in [5.41, 5.74) is 1.30. The van der Waals surface area contributed by atoms with Crippen LogP contribution in [-0.4, -0.2) is 11.5 Å². The number of nitro benzene ring substituents is 1. The molecular formula is C13H16N2O2. The van der Waals surface area contributed by atoms with E-state index in [1.54, 1.807) is 18.2 Å². The molecule has 1 aromatic rings. The molecule has 0 heterocycles. The topological polar surface area (TPSA) is 55.2 Å². The molecule has 2 aliphatic carbocycles. The van der Waals surface area contributed by atoms with Crippen LogP contribution in [0.5, 0.6) is 0 Å². The fourth-order valence-corrected chi connectivity index (χ4v) is 2.64. The summed E-state index contributed by atoms with van der Waals surface area (Å²) in [5.74, 6) is 0.873. The maximum atomic E-state index is 10.9. The van der Waals surface area contributed by atoms with Crippen LogP contribution in [0.4, 0.5) is 11.4 Å². The standard InChI is InChI=1S/C13H16N2O2/c16-15(17)12-4-2-1-3-11(12)14-9-13(7-8-13)10-5-6-10/h1-4,10,14H,5-9H2. The first-order valence-electron chi connectivity index (χ1n) is 6.19. The van der Waals surface area contributed by atoms with Gasteiger partial charge in [0.1, 0.15) is 5.69 Å². The first kappa shape index (κ1) is 10.6. The summed E-state index contributed by atoms with van der Waals surface area (Å²) >= 11 is 0. The van der Waals surface area contributed by atoms with E-state index in [4.69, 9.17) is 0 Å². The molecule has 0 bridgehead atoms. The second-order valence-corrected chi connectivity index (χ2v) is 5.26. The highest BCUT2D eigenvalue weighted by Crippen LogP contribution is 2.61. The molecule has 4 heteroatoms. The zero-order valence-corrected chi connectivity index (χ0v) is 9.69. The average Bonchev–Trinajstić information content (AvgIpc) is 3.17. The van der Waals surface area contributed by atoms with E-state index in [9.17, 15) is 10.1 Å². The van der Waals surface area contributed by atoms with Crippen LogP contribution in [0.25, 0.3) is 0 Å². The van der Waals surface area contributed by atoms with Gasteiger partial charge in [-0.15, -0.1) is 0 Å². The van der Waals surface area contributed by atoms with Crippen molar-refractivity contribution < 1.29 is 4.92 Å². The molecule has 4 nitrogen and oxygen atoms in total. The van der Waals surface area contributed by atoms with Crippen molar-refractivity contribution in [2.24, 2.45) is 11.3 Å². The number of benzene rings is 1. The van der Waals surface area contributed by atoms with E-state index < -0.39 is 0 Å². The number of nitro groups is 1. The van der Waals surface area contributed by atoms with Crippen molar-refractivity contribution in [3.05, 3.63) is 34.4 Å². The van der Waals surface area contributed by atoms with Gasteiger partial charge in [-0.3, -0.25) is 10.1 Å². The lowest BCUT2D eigenvalue weighted by Crippen LogP contribution is -2.17. The van der Waals surface area contributed by atoms with Gasteiger partial charge in [0.15, 0.2) is 0 Å². The SMILES string of the molecule is O=[N+]([O-])c1ccccc1NCC1(C2CC2)CC1. The van der Waals surface area contributed by atoms with E-state index >= 15 is 0 Å². The lowest BCUT2D eigenvalue weighted by atomic mass is 10.0. The highest BCUT2D eigenvalue weighted by atomic mass is 16.6. The van der Waals surface area contributed by atoms with Gasteiger partial charge in [0.05, 0.1) is 4.92 Å². The molecule has 0 unspecified atom stereocenters. The van der Waals surface area contributed by atoms with Crippen LogP contribution in [-0.2, 0) is 0 Å². The molecule has 0 spiro atoms. The fraction of sp³-hybridized carbons (Fsp3) is 0.538. The first-order valence-corrected chi connectivity index (χ1v) is 6.19. The first-order chi connectivity index (χ1) is 8.21. The maximum absolute atomic E-state index is 10.9. The average molecular weight is 232 g/mol. The van der Waals surface area contributed by atoms with Gasteiger partial charge in [-0.2, -0.15) is 0 Å². The Bertz CT molecular complexity index is 450. The van der Waals surface area contributed by atoms with Gasteiger partial charge in [0, 0.05) is 12.6 Å². The number of rotatable bonds is 5. The second kappa shape index (κ2) is 3.72. The number of nitrogens with one attached hydrogen (secondary N) is 1. The summed E-state index contributed by atoms with van der Waals surface area (Å²) in [6.45, 7) is 0.891. The number of hydrogen-bond donors (Lipinski definition) is 1. The van der Waals surface area contributed by atoms with E-state index in [1.165, 1.54) is 25.7 Å². The van der Waals surface area contributed by atoms with Gasteiger partial charge >= 0.3 is 0 Å². The van der Waals surface area contributed by atoms with Crippen LogP contribution in [0, 0.1) is 21.4 Å². The Kier molecular flexibility index (Phi) is 2.31. The van der Waals surface area contributed by atoms with Crippen molar-refractivity contribution in [2.75, 3.05) is 11.9 Å². The second-order valence-electron chi connectivity index (χ2n) is 5.26. The number of hydrogen-bond acceptors (Lipinski definition) is 3. The Hall–Kier alpha value is -1.58. The number of nitrogens with zero attached hydrogens (tertiary/aromatic N) is 1. The van der Waals surface area contributed by atoms with E-state index in [0.717, 1.165) is 12.5 Å². The van der Waals surface area contributed by atoms with Crippen LogP contribution < -0.4 is 5.32 Å². The van der Waals surface area contributed by atoms with Gasteiger partial charge in [-0.05, 0) is 43.1 Å². The van der Waals surface area contributed by atoms with Gasteiger partial charge in [0.25, 0.3) is 5.69 Å². The van der Waals surface area contributed by atoms with E-state index in [0.29, 0.717) is 11.1 Å². The van der Waals surface area contributed by atoms with Crippen molar-refractivity contribution in [3.63, 3.8) is 0 Å². The summed E-state index contributed by atoms with van der Waals surface area (Å²) in [4.78, 5) is 10.6. The van der Waals surface area contributed by atoms with Crippen molar-refractivity contribution in [3.8, 4) is 0 Å². The van der Waals surface area contributed by atoms with E-state index in [1.807, 2.05) is 6.07 Å². The Labute approximate surface area is 100 Å². The van der Waals surface area contributed by atoms with Gasteiger partial charge in [-0.25, -0.2) is 0 Å². The summed E-state index contributed by atoms with van der Waals surface area (Å²) in [5, 5.41) is 14.2. The van der Waals surface area contributed by atoms with Crippen LogP contribution in [0.1, 0.15) is 25.7 Å². The normalized spacial score (nSPS) is 20.9. The highest BCUT2D eigenvalue weighted by Gasteiger charge is 2.53. The molecule has 0 amide bonds. The third-order valence-electron chi connectivity index (χ3n) is 4.07. The quantitative estimate of drug-likeness (QED) is 0.626. The maximum Gasteiger partial charge on any atom is 0.292 e.